The summed E-state index contributed by atoms with van der Waals surface area (Å²) in [4.78, 5) is 24.0. The van der Waals surface area contributed by atoms with Crippen molar-refractivity contribution < 1.29 is 4.79 Å². The van der Waals surface area contributed by atoms with Crippen LogP contribution in [0.5, 0.6) is 0 Å². The molecule has 1 aliphatic carbocycles. The summed E-state index contributed by atoms with van der Waals surface area (Å²) in [6.45, 7) is 2.66. The van der Waals surface area contributed by atoms with Gasteiger partial charge in [-0.3, -0.25) is 4.79 Å². The zero-order chi connectivity index (χ0) is 16.9. The van der Waals surface area contributed by atoms with Gasteiger partial charge in [0.15, 0.2) is 0 Å². The van der Waals surface area contributed by atoms with Crippen molar-refractivity contribution in [3.8, 4) is 0 Å². The average molecular weight is 326 g/mol. The van der Waals surface area contributed by atoms with Crippen molar-refractivity contribution in [3.63, 3.8) is 0 Å². The van der Waals surface area contributed by atoms with Crippen LogP contribution in [0.3, 0.4) is 0 Å². The molecule has 2 amide bonds. The van der Waals surface area contributed by atoms with Gasteiger partial charge in [0, 0.05) is 18.3 Å². The van der Waals surface area contributed by atoms with Gasteiger partial charge in [0.05, 0.1) is 12.2 Å². The number of rotatable bonds is 4. The Morgan fingerprint density at radius 3 is 2.88 bits per heavy atom. The summed E-state index contributed by atoms with van der Waals surface area (Å²) in [5.41, 5.74) is 3.77. The minimum Gasteiger partial charge on any atom is -0.336 e. The van der Waals surface area contributed by atoms with Crippen LogP contribution in [0, 0.1) is 6.92 Å². The third-order valence-electron chi connectivity index (χ3n) is 4.28. The van der Waals surface area contributed by atoms with Crippen LogP contribution in [-0.2, 0) is 19.4 Å². The number of nitrogens with one attached hydrogen (secondary N) is 2. The highest BCUT2D eigenvalue weighted by molar-refractivity contribution is 5.89. The monoisotopic (exact) mass is 326 g/mol. The van der Waals surface area contributed by atoms with Gasteiger partial charge in [-0.05, 0) is 49.8 Å². The van der Waals surface area contributed by atoms with Gasteiger partial charge < -0.3 is 10.6 Å². The molecule has 6 heteroatoms. The molecule has 1 heterocycles. The van der Waals surface area contributed by atoms with E-state index in [-0.39, 0.29) is 11.6 Å². The van der Waals surface area contributed by atoms with E-state index in [9.17, 15) is 9.59 Å². The molecule has 1 aliphatic rings. The second kappa shape index (κ2) is 7.29. The van der Waals surface area contributed by atoms with Crippen molar-refractivity contribution in [2.45, 2.75) is 39.2 Å². The zero-order valence-electron chi connectivity index (χ0n) is 13.8. The van der Waals surface area contributed by atoms with Crippen LogP contribution in [0.1, 0.15) is 29.7 Å². The van der Waals surface area contributed by atoms with Crippen molar-refractivity contribution in [1.82, 2.24) is 15.1 Å². The molecule has 0 atom stereocenters. The largest absolute Gasteiger partial charge is 0.336 e. The molecule has 0 spiro atoms. The van der Waals surface area contributed by atoms with Crippen molar-refractivity contribution in [2.75, 3.05) is 11.9 Å². The molecule has 1 aromatic carbocycles. The molecule has 0 aliphatic heterocycles. The molecule has 1 aromatic heterocycles. The standard InChI is InChI=1S/C18H22N4O2/c1-13-6-2-4-8-15(13)20-18(24)19-10-11-22-17(23)12-14-7-3-5-9-16(14)21-22/h2,4,6,8,12H,3,5,7,9-11H2,1H3,(H2,19,20,24). The Kier molecular flexibility index (Phi) is 4.93. The molecule has 24 heavy (non-hydrogen) atoms. The number of hydrogen-bond donors (Lipinski definition) is 2. The van der Waals surface area contributed by atoms with Crippen LogP contribution in [-0.4, -0.2) is 22.4 Å². The molecule has 0 fully saturated rings. The lowest BCUT2D eigenvalue weighted by Gasteiger charge is -2.16. The summed E-state index contributed by atoms with van der Waals surface area (Å²) < 4.78 is 1.44. The summed E-state index contributed by atoms with van der Waals surface area (Å²) in [6.07, 6.45) is 4.11. The number of fused-ring (bicyclic) bond motifs is 1. The lowest BCUT2D eigenvalue weighted by molar-refractivity contribution is 0.251. The van der Waals surface area contributed by atoms with Gasteiger partial charge in [-0.1, -0.05) is 18.2 Å². The summed E-state index contributed by atoms with van der Waals surface area (Å²) >= 11 is 0. The van der Waals surface area contributed by atoms with Gasteiger partial charge in [-0.25, -0.2) is 9.48 Å². The maximum atomic E-state index is 12.1. The Morgan fingerprint density at radius 2 is 2.04 bits per heavy atom. The molecule has 0 saturated heterocycles. The minimum absolute atomic E-state index is 0.100. The van der Waals surface area contributed by atoms with Crippen LogP contribution >= 0.6 is 0 Å². The Balaban J connectivity index is 1.56. The number of aryl methyl sites for hydroxylation is 3. The van der Waals surface area contributed by atoms with Crippen LogP contribution in [0.25, 0.3) is 0 Å². The number of urea groups is 1. The van der Waals surface area contributed by atoms with Crippen LogP contribution in [0.15, 0.2) is 35.1 Å². The Morgan fingerprint density at radius 1 is 1.25 bits per heavy atom. The number of hydrogen-bond acceptors (Lipinski definition) is 3. The fourth-order valence-electron chi connectivity index (χ4n) is 2.92. The molecule has 2 N–H and O–H groups in total. The molecule has 0 radical (unpaired) electrons. The molecule has 3 rings (SSSR count). The van der Waals surface area contributed by atoms with E-state index in [1.54, 1.807) is 6.07 Å². The third-order valence-corrected chi connectivity index (χ3v) is 4.28. The smallest absolute Gasteiger partial charge is 0.319 e. The lowest BCUT2D eigenvalue weighted by atomic mass is 9.97. The van der Waals surface area contributed by atoms with Crippen LogP contribution in [0.2, 0.25) is 0 Å². The number of aromatic nitrogens is 2. The Labute approximate surface area is 140 Å². The second-order valence-electron chi connectivity index (χ2n) is 6.08. The predicted octanol–water partition coefficient (Wildman–Crippen LogP) is 2.25. The number of anilines is 1. The van der Waals surface area contributed by atoms with Gasteiger partial charge in [-0.2, -0.15) is 5.10 Å². The summed E-state index contributed by atoms with van der Waals surface area (Å²) in [5, 5.41) is 10.0. The number of carbonyl (C=O) groups is 1. The van der Waals surface area contributed by atoms with E-state index < -0.39 is 0 Å². The van der Waals surface area contributed by atoms with E-state index in [1.165, 1.54) is 4.68 Å². The van der Waals surface area contributed by atoms with E-state index in [1.807, 2.05) is 31.2 Å². The minimum atomic E-state index is -0.282. The fraction of sp³-hybridized carbons (Fsp3) is 0.389. The first-order valence-electron chi connectivity index (χ1n) is 8.34. The molecule has 126 valence electrons. The molecule has 0 saturated carbocycles. The fourth-order valence-corrected chi connectivity index (χ4v) is 2.92. The highest BCUT2D eigenvalue weighted by Gasteiger charge is 2.13. The first-order valence-corrected chi connectivity index (χ1v) is 8.34. The molecular weight excluding hydrogens is 304 g/mol. The molecular formula is C18H22N4O2. The topological polar surface area (TPSA) is 76.0 Å². The summed E-state index contributed by atoms with van der Waals surface area (Å²) in [6, 6.07) is 8.99. The first-order chi connectivity index (χ1) is 11.6. The normalized spacial score (nSPS) is 13.2. The van der Waals surface area contributed by atoms with Crippen molar-refractivity contribution in [2.24, 2.45) is 0 Å². The Bertz CT molecular complexity index is 798. The van der Waals surface area contributed by atoms with Gasteiger partial charge in [0.25, 0.3) is 5.56 Å². The highest BCUT2D eigenvalue weighted by Crippen LogP contribution is 2.16. The second-order valence-corrected chi connectivity index (χ2v) is 6.08. The lowest BCUT2D eigenvalue weighted by Crippen LogP contribution is -2.35. The van der Waals surface area contributed by atoms with E-state index in [0.717, 1.165) is 48.2 Å². The van der Waals surface area contributed by atoms with Gasteiger partial charge in [-0.15, -0.1) is 0 Å². The third kappa shape index (κ3) is 3.82. The predicted molar refractivity (Wildman–Crippen MR) is 93.3 cm³/mol. The summed E-state index contributed by atoms with van der Waals surface area (Å²) in [5.74, 6) is 0. The van der Waals surface area contributed by atoms with Crippen molar-refractivity contribution in [3.05, 3.63) is 57.5 Å². The molecule has 0 unspecified atom stereocenters. The number of para-hydroxylation sites is 1. The number of benzene rings is 1. The van der Waals surface area contributed by atoms with Gasteiger partial charge >= 0.3 is 6.03 Å². The zero-order valence-corrected chi connectivity index (χ0v) is 13.8. The van der Waals surface area contributed by atoms with Gasteiger partial charge in [0.2, 0.25) is 0 Å². The van der Waals surface area contributed by atoms with Crippen LogP contribution in [0.4, 0.5) is 10.5 Å². The van der Waals surface area contributed by atoms with Crippen LogP contribution < -0.4 is 16.2 Å². The van der Waals surface area contributed by atoms with E-state index in [4.69, 9.17) is 0 Å². The van der Waals surface area contributed by atoms with E-state index >= 15 is 0 Å². The first kappa shape index (κ1) is 16.2. The Hall–Kier alpha value is -2.63. The summed E-state index contributed by atoms with van der Waals surface area (Å²) in [7, 11) is 0. The molecule has 0 bridgehead atoms. The van der Waals surface area contributed by atoms with E-state index in [2.05, 4.69) is 15.7 Å². The maximum absolute atomic E-state index is 12.1. The van der Waals surface area contributed by atoms with E-state index in [0.29, 0.717) is 13.1 Å². The number of nitrogens with zero attached hydrogens (tertiary/aromatic N) is 2. The quantitative estimate of drug-likeness (QED) is 0.905. The maximum Gasteiger partial charge on any atom is 0.319 e. The van der Waals surface area contributed by atoms with Crippen molar-refractivity contribution >= 4 is 11.7 Å². The van der Waals surface area contributed by atoms with Gasteiger partial charge in [0.1, 0.15) is 0 Å². The number of carbonyl (C=O) groups excluding carboxylic acids is 1. The number of amides is 2. The molecule has 2 aromatic rings. The SMILES string of the molecule is Cc1ccccc1NC(=O)NCCn1nc2c(cc1=O)CCCC2. The van der Waals surface area contributed by atoms with Crippen molar-refractivity contribution in [1.29, 1.82) is 0 Å². The highest BCUT2D eigenvalue weighted by atomic mass is 16.2. The molecule has 6 nitrogen and oxygen atoms in total. The average Bonchev–Trinajstić information content (AvgIpc) is 2.57.